The minimum atomic E-state index is -0.324. The van der Waals surface area contributed by atoms with Gasteiger partial charge in [-0.05, 0) is 31.0 Å². The molecule has 3 rings (SSSR count). The summed E-state index contributed by atoms with van der Waals surface area (Å²) >= 11 is 3.26. The molecule has 1 aromatic heterocycles. The smallest absolute Gasteiger partial charge is 0.164 e. The van der Waals surface area contributed by atoms with Crippen LogP contribution in [0.2, 0.25) is 0 Å². The third kappa shape index (κ3) is 2.06. The Labute approximate surface area is 112 Å². The molecule has 18 heavy (non-hydrogen) atoms. The van der Waals surface area contributed by atoms with Crippen LogP contribution >= 0.6 is 15.9 Å². The highest BCUT2D eigenvalue weighted by Gasteiger charge is 2.29. The lowest BCUT2D eigenvalue weighted by molar-refractivity contribution is 0.265. The van der Waals surface area contributed by atoms with Gasteiger partial charge in [0.05, 0.1) is 0 Å². The Morgan fingerprint density at radius 1 is 1.33 bits per heavy atom. The molecule has 2 aromatic rings. The van der Waals surface area contributed by atoms with E-state index < -0.39 is 0 Å². The summed E-state index contributed by atoms with van der Waals surface area (Å²) in [6, 6.07) is 4.95. The second-order valence-corrected chi connectivity index (χ2v) is 5.27. The minimum Gasteiger partial charge on any atom is -0.388 e. The molecular formula is C12H11BrFN3O. The van der Waals surface area contributed by atoms with Gasteiger partial charge in [0.25, 0.3) is 0 Å². The molecule has 1 fully saturated rings. The third-order valence-corrected chi connectivity index (χ3v) is 3.40. The largest absolute Gasteiger partial charge is 0.388 e. The topological polar surface area (TPSA) is 50.9 Å². The van der Waals surface area contributed by atoms with Crippen LogP contribution in [0.4, 0.5) is 4.39 Å². The van der Waals surface area contributed by atoms with E-state index in [-0.39, 0.29) is 12.4 Å². The first-order valence-electron chi connectivity index (χ1n) is 5.70. The number of aliphatic hydroxyl groups is 1. The Hall–Kier alpha value is -1.27. The second kappa shape index (κ2) is 4.44. The standard InChI is InChI=1S/C12H11BrFN3O/c13-8-3-7(4-9(14)5-8)12-16-15-11(6-18)17(12)10-1-2-10/h3-5,10,18H,1-2,6H2. The maximum absolute atomic E-state index is 13.4. The summed E-state index contributed by atoms with van der Waals surface area (Å²) in [7, 11) is 0. The number of hydrogen-bond donors (Lipinski definition) is 1. The number of benzene rings is 1. The Kier molecular flexibility index (Phi) is 2.91. The zero-order valence-electron chi connectivity index (χ0n) is 9.48. The fourth-order valence-corrected chi connectivity index (χ4v) is 2.49. The molecule has 0 saturated heterocycles. The second-order valence-electron chi connectivity index (χ2n) is 4.36. The molecule has 1 aliphatic carbocycles. The van der Waals surface area contributed by atoms with Crippen molar-refractivity contribution in [2.45, 2.75) is 25.5 Å². The van der Waals surface area contributed by atoms with Gasteiger partial charge in [-0.3, -0.25) is 0 Å². The summed E-state index contributed by atoms with van der Waals surface area (Å²) in [4.78, 5) is 0. The summed E-state index contributed by atoms with van der Waals surface area (Å²) < 4.78 is 16.0. The molecule has 0 spiro atoms. The molecule has 0 radical (unpaired) electrons. The molecule has 0 bridgehead atoms. The van der Waals surface area contributed by atoms with Gasteiger partial charge in [0.1, 0.15) is 12.4 Å². The van der Waals surface area contributed by atoms with E-state index >= 15 is 0 Å². The van der Waals surface area contributed by atoms with Crippen molar-refractivity contribution in [2.24, 2.45) is 0 Å². The lowest BCUT2D eigenvalue weighted by Crippen LogP contribution is -2.03. The van der Waals surface area contributed by atoms with E-state index in [1.807, 2.05) is 4.57 Å². The van der Waals surface area contributed by atoms with E-state index in [0.29, 0.717) is 27.7 Å². The van der Waals surface area contributed by atoms with Crippen molar-refractivity contribution in [3.8, 4) is 11.4 Å². The molecule has 0 aliphatic heterocycles. The van der Waals surface area contributed by atoms with Gasteiger partial charge >= 0.3 is 0 Å². The zero-order chi connectivity index (χ0) is 12.7. The molecule has 0 unspecified atom stereocenters. The van der Waals surface area contributed by atoms with Gasteiger partial charge < -0.3 is 9.67 Å². The average molecular weight is 312 g/mol. The monoisotopic (exact) mass is 311 g/mol. The van der Waals surface area contributed by atoms with Crippen LogP contribution in [-0.2, 0) is 6.61 Å². The first kappa shape index (κ1) is 11.8. The van der Waals surface area contributed by atoms with Gasteiger partial charge in [-0.1, -0.05) is 15.9 Å². The van der Waals surface area contributed by atoms with E-state index in [1.165, 1.54) is 12.1 Å². The molecule has 94 valence electrons. The lowest BCUT2D eigenvalue weighted by atomic mass is 10.2. The number of aliphatic hydroxyl groups excluding tert-OH is 1. The summed E-state index contributed by atoms with van der Waals surface area (Å²) in [5.41, 5.74) is 0.668. The van der Waals surface area contributed by atoms with Crippen LogP contribution in [0, 0.1) is 5.82 Å². The summed E-state index contributed by atoms with van der Waals surface area (Å²) in [5, 5.41) is 17.3. The van der Waals surface area contributed by atoms with E-state index in [4.69, 9.17) is 0 Å². The van der Waals surface area contributed by atoms with Crippen molar-refractivity contribution in [1.29, 1.82) is 0 Å². The summed E-state index contributed by atoms with van der Waals surface area (Å²) in [5.74, 6) is 0.824. The molecular weight excluding hydrogens is 301 g/mol. The zero-order valence-corrected chi connectivity index (χ0v) is 11.1. The van der Waals surface area contributed by atoms with Crippen LogP contribution < -0.4 is 0 Å². The van der Waals surface area contributed by atoms with Crippen LogP contribution in [-0.4, -0.2) is 19.9 Å². The number of halogens is 2. The van der Waals surface area contributed by atoms with Crippen LogP contribution in [0.3, 0.4) is 0 Å². The van der Waals surface area contributed by atoms with Crippen LogP contribution in [0.1, 0.15) is 24.7 Å². The lowest BCUT2D eigenvalue weighted by Gasteiger charge is -2.08. The van der Waals surface area contributed by atoms with E-state index in [9.17, 15) is 9.50 Å². The SMILES string of the molecule is OCc1nnc(-c2cc(F)cc(Br)c2)n1C1CC1. The van der Waals surface area contributed by atoms with Crippen molar-refractivity contribution in [1.82, 2.24) is 14.8 Å². The molecule has 1 heterocycles. The molecule has 1 aliphatic rings. The van der Waals surface area contributed by atoms with Gasteiger partial charge in [-0.15, -0.1) is 10.2 Å². The Morgan fingerprint density at radius 3 is 2.72 bits per heavy atom. The highest BCUT2D eigenvalue weighted by Crippen LogP contribution is 2.39. The Bertz CT molecular complexity index is 575. The quantitative estimate of drug-likeness (QED) is 0.948. The number of aromatic nitrogens is 3. The van der Waals surface area contributed by atoms with Crippen molar-refractivity contribution in [3.63, 3.8) is 0 Å². The number of hydrogen-bond acceptors (Lipinski definition) is 3. The predicted octanol–water partition coefficient (Wildman–Crippen LogP) is 2.67. The van der Waals surface area contributed by atoms with Crippen LogP contribution in [0.5, 0.6) is 0 Å². The van der Waals surface area contributed by atoms with Crippen molar-refractivity contribution in [3.05, 3.63) is 34.3 Å². The molecule has 1 N–H and O–H groups in total. The van der Waals surface area contributed by atoms with Crippen molar-refractivity contribution >= 4 is 15.9 Å². The number of rotatable bonds is 3. The Morgan fingerprint density at radius 2 is 2.11 bits per heavy atom. The van der Waals surface area contributed by atoms with Crippen LogP contribution in [0.25, 0.3) is 11.4 Å². The normalized spacial score (nSPS) is 15.1. The van der Waals surface area contributed by atoms with Gasteiger partial charge in [0, 0.05) is 16.1 Å². The van der Waals surface area contributed by atoms with Gasteiger partial charge in [-0.25, -0.2) is 4.39 Å². The minimum absolute atomic E-state index is 0.153. The third-order valence-electron chi connectivity index (χ3n) is 2.94. The predicted molar refractivity (Wildman–Crippen MR) is 67.3 cm³/mol. The first-order valence-corrected chi connectivity index (χ1v) is 6.49. The molecule has 4 nitrogen and oxygen atoms in total. The summed E-state index contributed by atoms with van der Waals surface area (Å²) in [6.07, 6.45) is 2.10. The van der Waals surface area contributed by atoms with Crippen molar-refractivity contribution < 1.29 is 9.50 Å². The van der Waals surface area contributed by atoms with Crippen LogP contribution in [0.15, 0.2) is 22.7 Å². The maximum Gasteiger partial charge on any atom is 0.164 e. The fraction of sp³-hybridized carbons (Fsp3) is 0.333. The van der Waals surface area contributed by atoms with E-state index in [2.05, 4.69) is 26.1 Å². The molecule has 1 aromatic carbocycles. The van der Waals surface area contributed by atoms with E-state index in [0.717, 1.165) is 12.8 Å². The highest BCUT2D eigenvalue weighted by molar-refractivity contribution is 9.10. The van der Waals surface area contributed by atoms with Crippen molar-refractivity contribution in [2.75, 3.05) is 0 Å². The number of nitrogens with zero attached hydrogens (tertiary/aromatic N) is 3. The average Bonchev–Trinajstić information content (AvgIpc) is 3.07. The summed E-state index contributed by atoms with van der Waals surface area (Å²) in [6.45, 7) is -0.153. The maximum atomic E-state index is 13.4. The Balaban J connectivity index is 2.13. The van der Waals surface area contributed by atoms with E-state index in [1.54, 1.807) is 6.07 Å². The molecule has 0 atom stereocenters. The molecule has 0 amide bonds. The van der Waals surface area contributed by atoms with Gasteiger partial charge in [-0.2, -0.15) is 0 Å². The molecule has 1 saturated carbocycles. The van der Waals surface area contributed by atoms with Gasteiger partial charge in [0.2, 0.25) is 0 Å². The fourth-order valence-electron chi connectivity index (χ4n) is 2.03. The highest BCUT2D eigenvalue weighted by atomic mass is 79.9. The first-order chi connectivity index (χ1) is 8.69. The van der Waals surface area contributed by atoms with Gasteiger partial charge in [0.15, 0.2) is 11.6 Å². The molecule has 6 heteroatoms.